The van der Waals surface area contributed by atoms with Crippen molar-refractivity contribution in [2.45, 2.75) is 6.54 Å². The van der Waals surface area contributed by atoms with Crippen LogP contribution in [0.25, 0.3) is 11.1 Å². The number of hydrogen-bond acceptors (Lipinski definition) is 3. The van der Waals surface area contributed by atoms with Crippen molar-refractivity contribution < 1.29 is 8.78 Å². The first-order valence-electron chi connectivity index (χ1n) is 10.2. The van der Waals surface area contributed by atoms with Gasteiger partial charge in [0, 0.05) is 11.8 Å². The van der Waals surface area contributed by atoms with E-state index >= 15 is 0 Å². The van der Waals surface area contributed by atoms with Crippen LogP contribution in [0.1, 0.15) is 16.7 Å². The maximum absolute atomic E-state index is 13.6. The molecule has 0 bridgehead atoms. The Bertz CT molecular complexity index is 1130. The van der Waals surface area contributed by atoms with Crippen molar-refractivity contribution in [1.29, 1.82) is 0 Å². The lowest BCUT2D eigenvalue weighted by Gasteiger charge is -2.04. The largest absolute Gasteiger partial charge is 0.288 e. The first kappa shape index (κ1) is 21.1. The summed E-state index contributed by atoms with van der Waals surface area (Å²) in [7, 11) is 0. The molecule has 5 heteroatoms. The fourth-order valence-electron chi connectivity index (χ4n) is 3.13. The Balaban J connectivity index is 1.35. The van der Waals surface area contributed by atoms with Gasteiger partial charge in [-0.1, -0.05) is 78.9 Å². The Hall–Kier alpha value is -4.12. The van der Waals surface area contributed by atoms with E-state index in [0.29, 0.717) is 17.8 Å². The first-order chi connectivity index (χ1) is 15.7. The van der Waals surface area contributed by atoms with E-state index < -0.39 is 0 Å². The Kier molecular flexibility index (Phi) is 6.78. The van der Waals surface area contributed by atoms with Gasteiger partial charge in [-0.05, 0) is 40.5 Å². The molecule has 0 heterocycles. The van der Waals surface area contributed by atoms with Crippen molar-refractivity contribution in [3.05, 3.63) is 125 Å². The Labute approximate surface area is 185 Å². The summed E-state index contributed by atoms with van der Waals surface area (Å²) >= 11 is 0. The van der Waals surface area contributed by atoms with Crippen LogP contribution in [0.2, 0.25) is 0 Å². The average molecular weight is 425 g/mol. The number of hydrogen-bond donors (Lipinski definition) is 1. The fourth-order valence-corrected chi connectivity index (χ4v) is 3.13. The molecule has 158 valence electrons. The molecule has 0 saturated heterocycles. The number of anilines is 1. The molecule has 0 atom stereocenters. The van der Waals surface area contributed by atoms with Crippen LogP contribution in [0.15, 0.2) is 107 Å². The third-order valence-corrected chi connectivity index (χ3v) is 4.89. The maximum atomic E-state index is 13.6. The smallest absolute Gasteiger partial charge is 0.148 e. The minimum atomic E-state index is -0.347. The molecule has 0 aliphatic heterocycles. The molecular weight excluding hydrogens is 404 g/mol. The van der Waals surface area contributed by atoms with Crippen LogP contribution in [0, 0.1) is 11.6 Å². The molecule has 0 aromatic heterocycles. The third-order valence-electron chi connectivity index (χ3n) is 4.89. The predicted octanol–water partition coefficient (Wildman–Crippen LogP) is 6.70. The summed E-state index contributed by atoms with van der Waals surface area (Å²) in [6.45, 7) is 0.309. The summed E-state index contributed by atoms with van der Waals surface area (Å²) in [6, 6.07) is 29.0. The number of nitrogens with zero attached hydrogens (tertiary/aromatic N) is 2. The van der Waals surface area contributed by atoms with Gasteiger partial charge in [-0.15, -0.1) is 0 Å². The van der Waals surface area contributed by atoms with Gasteiger partial charge >= 0.3 is 0 Å². The van der Waals surface area contributed by atoms with Crippen LogP contribution < -0.4 is 5.43 Å². The van der Waals surface area contributed by atoms with E-state index in [1.165, 1.54) is 12.1 Å². The molecule has 0 spiro atoms. The standard InChI is InChI=1S/C27H21F2N3/c28-25-6-2-1-5-24(25)19-30-17-20-9-13-22(14-10-20)23-15-11-21(12-16-23)18-31-32-27-8-4-3-7-26(27)29/h1-18,32H,19H2/b30-17?,31-18+. The summed E-state index contributed by atoms with van der Waals surface area (Å²) in [5.74, 6) is -0.586. The van der Waals surface area contributed by atoms with Crippen LogP contribution in [0.3, 0.4) is 0 Å². The molecule has 0 radical (unpaired) electrons. The molecule has 0 aliphatic rings. The van der Waals surface area contributed by atoms with Crippen LogP contribution in [-0.2, 0) is 6.54 Å². The molecule has 4 aromatic carbocycles. The van der Waals surface area contributed by atoms with E-state index in [-0.39, 0.29) is 11.6 Å². The number of hydrazone groups is 1. The highest BCUT2D eigenvalue weighted by Crippen LogP contribution is 2.20. The minimum absolute atomic E-state index is 0.239. The normalized spacial score (nSPS) is 11.3. The topological polar surface area (TPSA) is 36.8 Å². The predicted molar refractivity (Wildman–Crippen MR) is 127 cm³/mol. The molecule has 4 aromatic rings. The molecular formula is C27H21F2N3. The molecule has 3 nitrogen and oxygen atoms in total. The number of halogens is 2. The lowest BCUT2D eigenvalue weighted by atomic mass is 10.0. The van der Waals surface area contributed by atoms with E-state index in [0.717, 1.165) is 22.3 Å². The number of para-hydroxylation sites is 1. The van der Waals surface area contributed by atoms with Crippen molar-refractivity contribution in [3.63, 3.8) is 0 Å². The summed E-state index contributed by atoms with van der Waals surface area (Å²) in [4.78, 5) is 4.33. The molecule has 0 saturated carbocycles. The molecule has 1 N–H and O–H groups in total. The van der Waals surface area contributed by atoms with Crippen molar-refractivity contribution >= 4 is 18.1 Å². The van der Waals surface area contributed by atoms with Crippen molar-refractivity contribution in [1.82, 2.24) is 0 Å². The molecule has 0 fully saturated rings. The molecule has 0 amide bonds. The Morgan fingerprint density at radius 1 is 0.625 bits per heavy atom. The van der Waals surface area contributed by atoms with E-state index in [1.54, 1.807) is 48.8 Å². The molecule has 0 aliphatic carbocycles. The van der Waals surface area contributed by atoms with Crippen LogP contribution >= 0.6 is 0 Å². The number of rotatable bonds is 7. The number of benzene rings is 4. The third kappa shape index (κ3) is 5.52. The summed E-state index contributed by atoms with van der Waals surface area (Å²) in [6.07, 6.45) is 3.39. The fraction of sp³-hybridized carbons (Fsp3) is 0.0370. The Morgan fingerprint density at radius 3 is 1.81 bits per heavy atom. The zero-order valence-electron chi connectivity index (χ0n) is 17.2. The van der Waals surface area contributed by atoms with E-state index in [2.05, 4.69) is 15.5 Å². The lowest BCUT2D eigenvalue weighted by molar-refractivity contribution is 0.611. The van der Waals surface area contributed by atoms with E-state index in [1.807, 2.05) is 48.5 Å². The highest BCUT2D eigenvalue weighted by molar-refractivity contribution is 5.83. The maximum Gasteiger partial charge on any atom is 0.148 e. The van der Waals surface area contributed by atoms with Gasteiger partial charge in [0.15, 0.2) is 0 Å². The minimum Gasteiger partial charge on any atom is -0.288 e. The second-order valence-corrected chi connectivity index (χ2v) is 7.16. The molecule has 32 heavy (non-hydrogen) atoms. The zero-order valence-corrected chi connectivity index (χ0v) is 17.2. The molecule has 0 unspecified atom stereocenters. The second-order valence-electron chi connectivity index (χ2n) is 7.16. The Morgan fingerprint density at radius 2 is 1.19 bits per heavy atom. The van der Waals surface area contributed by atoms with Crippen molar-refractivity contribution in [2.24, 2.45) is 10.1 Å². The van der Waals surface area contributed by atoms with Gasteiger partial charge in [0.2, 0.25) is 0 Å². The van der Waals surface area contributed by atoms with Crippen molar-refractivity contribution in [2.75, 3.05) is 5.43 Å². The highest BCUT2D eigenvalue weighted by atomic mass is 19.1. The summed E-state index contributed by atoms with van der Waals surface area (Å²) in [5, 5.41) is 4.09. The van der Waals surface area contributed by atoms with Gasteiger partial charge in [0.05, 0.1) is 18.4 Å². The first-order valence-corrected chi connectivity index (χ1v) is 10.2. The van der Waals surface area contributed by atoms with Crippen LogP contribution in [-0.4, -0.2) is 12.4 Å². The van der Waals surface area contributed by atoms with Crippen molar-refractivity contribution in [3.8, 4) is 11.1 Å². The van der Waals surface area contributed by atoms with Gasteiger partial charge in [-0.3, -0.25) is 10.4 Å². The number of nitrogens with one attached hydrogen (secondary N) is 1. The average Bonchev–Trinajstić information content (AvgIpc) is 2.83. The van der Waals surface area contributed by atoms with Gasteiger partial charge in [0.25, 0.3) is 0 Å². The second kappa shape index (κ2) is 10.3. The zero-order chi connectivity index (χ0) is 22.2. The van der Waals surface area contributed by atoms with Crippen LogP contribution in [0.5, 0.6) is 0 Å². The van der Waals surface area contributed by atoms with E-state index in [4.69, 9.17) is 0 Å². The van der Waals surface area contributed by atoms with Gasteiger partial charge < -0.3 is 0 Å². The number of aliphatic imine (C=N–C) groups is 1. The molecule has 4 rings (SSSR count). The SMILES string of the molecule is Fc1ccccc1CN=Cc1ccc(-c2ccc(/C=N/Nc3ccccc3F)cc2)cc1. The highest BCUT2D eigenvalue weighted by Gasteiger charge is 2.00. The quantitative estimate of drug-likeness (QED) is 0.260. The van der Waals surface area contributed by atoms with Crippen LogP contribution in [0.4, 0.5) is 14.5 Å². The monoisotopic (exact) mass is 425 g/mol. The lowest BCUT2D eigenvalue weighted by Crippen LogP contribution is -1.93. The van der Waals surface area contributed by atoms with E-state index in [9.17, 15) is 8.78 Å². The van der Waals surface area contributed by atoms with Gasteiger partial charge in [0.1, 0.15) is 11.6 Å². The summed E-state index contributed by atoms with van der Waals surface area (Å²) in [5.41, 5.74) is 7.61. The van der Waals surface area contributed by atoms with Gasteiger partial charge in [-0.25, -0.2) is 8.78 Å². The summed E-state index contributed by atoms with van der Waals surface area (Å²) < 4.78 is 27.2. The van der Waals surface area contributed by atoms with Gasteiger partial charge in [-0.2, -0.15) is 5.10 Å².